The lowest BCUT2D eigenvalue weighted by Crippen LogP contribution is -1.93. The van der Waals surface area contributed by atoms with E-state index in [2.05, 4.69) is 19.5 Å². The molecule has 0 heterocycles. The first-order valence-corrected chi connectivity index (χ1v) is 6.97. The number of nitrogens with zero attached hydrogens (tertiary/aromatic N) is 2. The van der Waals surface area contributed by atoms with Crippen molar-refractivity contribution in [2.24, 2.45) is 3.39 Å². The molecule has 0 bridgehead atoms. The number of benzene rings is 2. The highest BCUT2D eigenvalue weighted by atomic mass is 79.9. The molecule has 0 aliphatic heterocycles. The summed E-state index contributed by atoms with van der Waals surface area (Å²) < 4.78 is 4.17. The average Bonchev–Trinajstić information content (AvgIpc) is 2.41. The Morgan fingerprint density at radius 1 is 1.00 bits per heavy atom. The van der Waals surface area contributed by atoms with Gasteiger partial charge in [0.15, 0.2) is 0 Å². The van der Waals surface area contributed by atoms with E-state index in [0.29, 0.717) is 0 Å². The van der Waals surface area contributed by atoms with Crippen molar-refractivity contribution in [2.45, 2.75) is 9.79 Å². The molecule has 2 aromatic carbocycles. The highest BCUT2D eigenvalue weighted by Gasteiger charge is 2.08. The third kappa shape index (κ3) is 2.83. The minimum atomic E-state index is -0.461. The second-order valence-corrected chi connectivity index (χ2v) is 5.94. The first-order chi connectivity index (χ1) is 8.72. The summed E-state index contributed by atoms with van der Waals surface area (Å²) in [7, 11) is -0.461. The fraction of sp³-hybridized carbons (Fsp3) is 0. The second kappa shape index (κ2) is 5.88. The van der Waals surface area contributed by atoms with Crippen LogP contribution in [0.5, 0.6) is 0 Å². The van der Waals surface area contributed by atoms with E-state index in [4.69, 9.17) is 0 Å². The molecule has 0 fully saturated rings. The topological polar surface area (TPSA) is 55.5 Å². The maximum atomic E-state index is 10.6. The number of hydrogen-bond donors (Lipinski definition) is 0. The maximum absolute atomic E-state index is 10.6. The molecule has 4 nitrogen and oxygen atoms in total. The number of rotatable bonds is 3. The molecule has 0 amide bonds. The van der Waals surface area contributed by atoms with Crippen molar-refractivity contribution in [3.8, 4) is 0 Å². The molecule has 2 aromatic rings. The van der Waals surface area contributed by atoms with Gasteiger partial charge < -0.3 is 0 Å². The highest BCUT2D eigenvalue weighted by Crippen LogP contribution is 2.22. The summed E-state index contributed by atoms with van der Waals surface area (Å²) in [6.07, 6.45) is 0. The minimum Gasteiger partial charge on any atom is -0.258 e. The van der Waals surface area contributed by atoms with E-state index in [-0.39, 0.29) is 5.69 Å². The van der Waals surface area contributed by atoms with Gasteiger partial charge in [0.25, 0.3) is 5.69 Å². The lowest BCUT2D eigenvalue weighted by atomic mass is 10.3. The summed E-state index contributed by atoms with van der Waals surface area (Å²) in [5, 5.41) is 10.6. The Hall–Kier alpha value is -1.53. The normalized spacial score (nSPS) is 12.3. The van der Waals surface area contributed by atoms with Crippen LogP contribution in [0.25, 0.3) is 0 Å². The Bertz CT molecular complexity index is 585. The second-order valence-electron chi connectivity index (χ2n) is 3.42. The van der Waals surface area contributed by atoms with Crippen LogP contribution in [0.2, 0.25) is 0 Å². The van der Waals surface area contributed by atoms with Gasteiger partial charge in [0, 0.05) is 21.9 Å². The molecule has 6 heteroatoms. The van der Waals surface area contributed by atoms with E-state index in [1.807, 2.05) is 30.3 Å². The molecule has 0 unspecified atom stereocenters. The van der Waals surface area contributed by atoms with Gasteiger partial charge in [-0.05, 0) is 35.0 Å². The van der Waals surface area contributed by atoms with E-state index in [1.54, 1.807) is 12.1 Å². The van der Waals surface area contributed by atoms with E-state index in [1.165, 1.54) is 12.1 Å². The summed E-state index contributed by atoms with van der Waals surface area (Å²) in [6, 6.07) is 16.3. The van der Waals surface area contributed by atoms with E-state index in [9.17, 15) is 10.1 Å². The third-order valence-electron chi connectivity index (χ3n) is 2.31. The largest absolute Gasteiger partial charge is 0.269 e. The van der Waals surface area contributed by atoms with Crippen molar-refractivity contribution < 1.29 is 4.92 Å². The van der Waals surface area contributed by atoms with Gasteiger partial charge >= 0.3 is 0 Å². The zero-order valence-electron chi connectivity index (χ0n) is 9.19. The predicted molar refractivity (Wildman–Crippen MR) is 74.8 cm³/mol. The summed E-state index contributed by atoms with van der Waals surface area (Å²) in [5.74, 6) is 0. The Morgan fingerprint density at radius 3 is 2.06 bits per heavy atom. The van der Waals surface area contributed by atoms with Gasteiger partial charge in [-0.25, -0.2) is 0 Å². The molecular formula is C12H9BrN2O2S. The Balaban J connectivity index is 2.38. The van der Waals surface area contributed by atoms with Crippen LogP contribution in [0.1, 0.15) is 0 Å². The molecular weight excluding hydrogens is 316 g/mol. The van der Waals surface area contributed by atoms with Gasteiger partial charge in [0.2, 0.25) is 0 Å². The molecule has 1 atom stereocenters. The van der Waals surface area contributed by atoms with E-state index >= 15 is 0 Å². The monoisotopic (exact) mass is 324 g/mol. The molecule has 0 spiro atoms. The Labute approximate surface area is 115 Å². The van der Waals surface area contributed by atoms with Gasteiger partial charge in [-0.15, -0.1) is 0 Å². The van der Waals surface area contributed by atoms with Gasteiger partial charge in [-0.1, -0.05) is 18.2 Å². The van der Waals surface area contributed by atoms with Crippen LogP contribution in [-0.2, 0) is 10.7 Å². The minimum absolute atomic E-state index is 0.0879. The van der Waals surface area contributed by atoms with Crippen LogP contribution in [0.4, 0.5) is 5.69 Å². The van der Waals surface area contributed by atoms with Crippen LogP contribution in [-0.4, -0.2) is 4.92 Å². The smallest absolute Gasteiger partial charge is 0.258 e. The Kier molecular flexibility index (Phi) is 4.22. The van der Waals surface area contributed by atoms with Crippen LogP contribution in [0, 0.1) is 10.1 Å². The number of non-ortho nitro benzene ring substituents is 1. The van der Waals surface area contributed by atoms with Gasteiger partial charge in [-0.2, -0.15) is 3.39 Å². The van der Waals surface area contributed by atoms with Crippen LogP contribution >= 0.6 is 16.1 Å². The van der Waals surface area contributed by atoms with Crippen LogP contribution < -0.4 is 0 Å². The maximum Gasteiger partial charge on any atom is 0.269 e. The molecule has 0 aliphatic rings. The number of halogens is 1. The SMILES string of the molecule is O=[N+]([O-])c1ccc(/[S@@](=N\Br)c2ccccc2)cc1. The molecule has 0 saturated heterocycles. The molecule has 0 saturated carbocycles. The van der Waals surface area contributed by atoms with Crippen molar-refractivity contribution in [3.05, 3.63) is 64.7 Å². The molecule has 0 aromatic heterocycles. The number of hydrogen-bond acceptors (Lipinski definition) is 3. The van der Waals surface area contributed by atoms with Gasteiger partial charge in [0.05, 0.1) is 21.1 Å². The van der Waals surface area contributed by atoms with E-state index < -0.39 is 15.6 Å². The molecule has 18 heavy (non-hydrogen) atoms. The fourth-order valence-corrected chi connectivity index (χ4v) is 3.71. The van der Waals surface area contributed by atoms with Gasteiger partial charge in [-0.3, -0.25) is 10.1 Å². The van der Waals surface area contributed by atoms with Crippen LogP contribution in [0.3, 0.4) is 0 Å². The van der Waals surface area contributed by atoms with E-state index in [0.717, 1.165) is 9.79 Å². The zero-order valence-corrected chi connectivity index (χ0v) is 11.6. The average molecular weight is 325 g/mol. The first-order valence-electron chi connectivity index (χ1n) is 5.08. The first kappa shape index (κ1) is 12.9. The lowest BCUT2D eigenvalue weighted by molar-refractivity contribution is -0.384. The molecule has 92 valence electrons. The summed E-state index contributed by atoms with van der Waals surface area (Å²) >= 11 is 3.14. The van der Waals surface area contributed by atoms with Crippen molar-refractivity contribution in [1.29, 1.82) is 0 Å². The molecule has 0 N–H and O–H groups in total. The predicted octanol–water partition coefficient (Wildman–Crippen LogP) is 4.12. The standard InChI is InChI=1S/C12H9BrN2O2S/c13-14-18(11-4-2-1-3-5-11)12-8-6-10(7-9-12)15(16)17/h1-9H/t18-/m0/s1. The van der Waals surface area contributed by atoms with Crippen LogP contribution in [0.15, 0.2) is 67.8 Å². The van der Waals surface area contributed by atoms with Crippen molar-refractivity contribution in [2.75, 3.05) is 0 Å². The number of nitro benzene ring substituents is 1. The summed E-state index contributed by atoms with van der Waals surface area (Å²) in [4.78, 5) is 12.2. The van der Waals surface area contributed by atoms with Crippen molar-refractivity contribution >= 4 is 32.5 Å². The summed E-state index contributed by atoms with van der Waals surface area (Å²) in [5.41, 5.74) is 0.0879. The Morgan fingerprint density at radius 2 is 1.56 bits per heavy atom. The van der Waals surface area contributed by atoms with Crippen molar-refractivity contribution in [3.63, 3.8) is 0 Å². The van der Waals surface area contributed by atoms with Crippen molar-refractivity contribution in [1.82, 2.24) is 0 Å². The molecule has 0 aliphatic carbocycles. The third-order valence-corrected chi connectivity index (χ3v) is 4.75. The lowest BCUT2D eigenvalue weighted by Gasteiger charge is -2.06. The molecule has 2 rings (SSSR count). The zero-order chi connectivity index (χ0) is 13.0. The van der Waals surface area contributed by atoms with Gasteiger partial charge in [0.1, 0.15) is 0 Å². The fourth-order valence-electron chi connectivity index (χ4n) is 1.46. The number of nitro groups is 1. The highest BCUT2D eigenvalue weighted by molar-refractivity contribution is 9.09. The molecule has 0 radical (unpaired) electrons. The summed E-state index contributed by atoms with van der Waals surface area (Å²) in [6.45, 7) is 0. The quantitative estimate of drug-likeness (QED) is 0.629.